The Kier molecular flexibility index (Phi) is 14.2. The van der Waals surface area contributed by atoms with Crippen molar-refractivity contribution < 1.29 is 60.5 Å². The van der Waals surface area contributed by atoms with Crippen LogP contribution in [0.3, 0.4) is 0 Å². The van der Waals surface area contributed by atoms with Gasteiger partial charge in [0, 0.05) is 38.2 Å². The lowest BCUT2D eigenvalue weighted by Crippen LogP contribution is -2.79. The molecule has 1 saturated heterocycles. The molecule has 0 aromatic heterocycles. The summed E-state index contributed by atoms with van der Waals surface area (Å²) in [7, 11) is -2.43. The quantitative estimate of drug-likeness (QED) is 0.217. The van der Waals surface area contributed by atoms with Crippen LogP contribution in [0.2, 0.25) is 0 Å². The predicted octanol–water partition coefficient (Wildman–Crippen LogP) is 4.17. The Balaban J connectivity index is 1.32. The second kappa shape index (κ2) is 18.6. The zero-order chi connectivity index (χ0) is 38.1. The van der Waals surface area contributed by atoms with E-state index < -0.39 is 41.3 Å². The van der Waals surface area contributed by atoms with Crippen LogP contribution in [0.25, 0.3) is 0 Å². The van der Waals surface area contributed by atoms with Gasteiger partial charge in [-0.25, -0.2) is 18.0 Å². The van der Waals surface area contributed by atoms with E-state index in [1.165, 1.54) is 43.5 Å². The Labute approximate surface area is 316 Å². The Morgan fingerprint density at radius 1 is 1.08 bits per heavy atom. The van der Waals surface area contributed by atoms with Crippen LogP contribution in [0.1, 0.15) is 41.3 Å². The molecule has 53 heavy (non-hydrogen) atoms. The minimum absolute atomic E-state index is 0.00638. The Bertz CT molecular complexity index is 1800. The second-order valence-corrected chi connectivity index (χ2v) is 15.4. The number of quaternary nitrogens is 1. The van der Waals surface area contributed by atoms with Crippen LogP contribution in [0.5, 0.6) is 17.2 Å². The third kappa shape index (κ3) is 11.7. The number of ether oxygens (including phenoxy) is 6. The van der Waals surface area contributed by atoms with Gasteiger partial charge < -0.3 is 33.7 Å². The zero-order valence-electron chi connectivity index (χ0n) is 29.2. The van der Waals surface area contributed by atoms with Crippen LogP contribution >= 0.6 is 23.2 Å². The van der Waals surface area contributed by atoms with E-state index in [1.807, 2.05) is 0 Å². The summed E-state index contributed by atoms with van der Waals surface area (Å²) in [5.74, 6) is -1.48. The highest BCUT2D eigenvalue weighted by molar-refractivity contribution is 7.92. The molecule has 18 heteroatoms. The van der Waals surface area contributed by atoms with Gasteiger partial charge >= 0.3 is 18.6 Å². The van der Waals surface area contributed by atoms with E-state index in [4.69, 9.17) is 46.9 Å². The number of carbonyl (C=O) groups excluding carboxylic acids is 2. The van der Waals surface area contributed by atoms with Crippen LogP contribution in [0.4, 0.5) is 14.5 Å². The van der Waals surface area contributed by atoms with Gasteiger partial charge in [-0.05, 0) is 54.7 Å². The van der Waals surface area contributed by atoms with Crippen LogP contribution in [0, 0.1) is 5.92 Å². The number of carbonyl (C=O) groups is 2. The summed E-state index contributed by atoms with van der Waals surface area (Å²) in [4.78, 5) is 28.6. The normalized spacial score (nSPS) is 17.2. The second-order valence-electron chi connectivity index (χ2n) is 12.6. The highest BCUT2D eigenvalue weighted by Crippen LogP contribution is 2.39. The summed E-state index contributed by atoms with van der Waals surface area (Å²) in [6.07, 6.45) is 3.59. The number of nitrogens with two attached hydrogens (primary N) is 1. The number of halogens is 4. The Morgan fingerprint density at radius 3 is 2.47 bits per heavy atom. The van der Waals surface area contributed by atoms with Crippen molar-refractivity contribution in [1.82, 2.24) is 4.90 Å². The number of hydrogen-bond donors (Lipinski definition) is 1. The molecule has 0 unspecified atom stereocenters. The summed E-state index contributed by atoms with van der Waals surface area (Å²) in [5, 5.41) is 2.54. The monoisotopic (exact) mass is 804 g/mol. The molecule has 2 aromatic rings. The molecule has 2 fully saturated rings. The summed E-state index contributed by atoms with van der Waals surface area (Å²) in [6.45, 7) is -0.321. The molecule has 2 aliphatic heterocycles. The number of anilines is 1. The molecule has 0 spiro atoms. The van der Waals surface area contributed by atoms with Gasteiger partial charge in [0.1, 0.15) is 24.6 Å². The van der Waals surface area contributed by atoms with Gasteiger partial charge in [-0.3, -0.25) is 9.21 Å². The van der Waals surface area contributed by atoms with Crippen LogP contribution in [0.15, 0.2) is 58.2 Å². The first kappa shape index (κ1) is 40.5. The van der Waals surface area contributed by atoms with Crippen molar-refractivity contribution in [3.05, 3.63) is 69.4 Å². The maximum Gasteiger partial charge on any atom is 0.387 e. The molecule has 13 nitrogen and oxygen atoms in total. The lowest BCUT2D eigenvalue weighted by Gasteiger charge is -2.30. The highest BCUT2D eigenvalue weighted by atomic mass is 35.5. The third-order valence-corrected chi connectivity index (χ3v) is 10.6. The SMILES string of the molecule is COc1ccc(C(=O)OCC(=O)O[C@@H](CC2=C(Cl)C[NH2+]C=C2Cl)c2ccc(OC(F)F)c(OCC3CC3)c2)cc1N(CCN1CCOCC1)S(C)(=O)=O. The third-order valence-electron chi connectivity index (χ3n) is 8.69. The summed E-state index contributed by atoms with van der Waals surface area (Å²) in [5.41, 5.74) is 0.961. The number of rotatable bonds is 18. The first-order chi connectivity index (χ1) is 25.3. The number of benzene rings is 2. The van der Waals surface area contributed by atoms with E-state index in [1.54, 1.807) is 11.5 Å². The van der Waals surface area contributed by atoms with Gasteiger partial charge in [0.05, 0.1) is 54.5 Å². The van der Waals surface area contributed by atoms with E-state index in [0.717, 1.165) is 23.4 Å². The number of allylic oxidation sites excluding steroid dienone is 1. The van der Waals surface area contributed by atoms with Gasteiger partial charge in [-0.15, -0.1) is 0 Å². The topological polar surface area (TPSA) is 147 Å². The number of alkyl halides is 2. The number of sulfonamides is 1. The molecule has 1 atom stereocenters. The number of methoxy groups -OCH3 is 1. The molecule has 2 N–H and O–H groups in total. The van der Waals surface area contributed by atoms with Crippen LogP contribution in [-0.4, -0.2) is 104 Å². The minimum Gasteiger partial charge on any atom is -0.495 e. The number of morpholine rings is 1. The first-order valence-electron chi connectivity index (χ1n) is 16.9. The fourth-order valence-corrected chi connectivity index (χ4v) is 7.21. The van der Waals surface area contributed by atoms with Crippen molar-refractivity contribution in [3.8, 4) is 17.2 Å². The van der Waals surface area contributed by atoms with Gasteiger partial charge in [0.2, 0.25) is 10.0 Å². The van der Waals surface area contributed by atoms with E-state index in [-0.39, 0.29) is 41.5 Å². The average molecular weight is 806 g/mol. The maximum absolute atomic E-state index is 13.3. The standard InChI is InChI=1S/C35H41Cl2F2N3O10S/c1-47-29-7-6-24(15-28(29)42(53(2,45)46)10-9-41-11-13-48-14-12-41)34(44)50-21-33(43)51-31(17-25-26(36)18-40-19-27(25)37)23-5-8-30(52-35(38)39)32(16-23)49-20-22-3-4-22/h5-8,15-16,18,22,31,35,40H,3-4,9-14,17,19-21H2,1-2H3/p+1/t31-/m0/s1. The highest BCUT2D eigenvalue weighted by Gasteiger charge is 2.29. The van der Waals surface area contributed by atoms with Gasteiger partial charge in [-0.2, -0.15) is 8.78 Å². The molecular formula is C35H42Cl2F2N3O10S+. The fraction of sp³-hybridized carbons (Fsp3) is 0.486. The first-order valence-corrected chi connectivity index (χ1v) is 19.5. The molecule has 2 aromatic carbocycles. The number of esters is 2. The summed E-state index contributed by atoms with van der Waals surface area (Å²) >= 11 is 13.0. The molecule has 2 heterocycles. The van der Waals surface area contributed by atoms with Crippen molar-refractivity contribution in [2.24, 2.45) is 5.92 Å². The predicted molar refractivity (Wildman–Crippen MR) is 191 cm³/mol. The Hall–Kier alpha value is -3.67. The van der Waals surface area contributed by atoms with Crippen molar-refractivity contribution in [3.63, 3.8) is 0 Å². The molecule has 290 valence electrons. The Morgan fingerprint density at radius 2 is 1.81 bits per heavy atom. The van der Waals surface area contributed by atoms with Crippen LogP contribution in [-0.2, 0) is 29.0 Å². The maximum atomic E-state index is 13.3. The molecule has 1 aliphatic carbocycles. The summed E-state index contributed by atoms with van der Waals surface area (Å²) in [6, 6.07) is 8.36. The van der Waals surface area contributed by atoms with Crippen LogP contribution < -0.4 is 23.8 Å². The largest absolute Gasteiger partial charge is 0.495 e. The van der Waals surface area contributed by atoms with Crippen molar-refractivity contribution in [2.45, 2.75) is 32.0 Å². The minimum atomic E-state index is -3.81. The molecule has 0 bridgehead atoms. The molecule has 3 aliphatic rings. The van der Waals surface area contributed by atoms with E-state index >= 15 is 0 Å². The molecule has 0 amide bonds. The lowest BCUT2D eigenvalue weighted by atomic mass is 9.99. The summed E-state index contributed by atoms with van der Waals surface area (Å²) < 4.78 is 85.7. The van der Waals surface area contributed by atoms with Crippen molar-refractivity contribution in [1.29, 1.82) is 0 Å². The fourth-order valence-electron chi connectivity index (χ4n) is 5.70. The van der Waals surface area contributed by atoms with Gasteiger partial charge in [-0.1, -0.05) is 29.3 Å². The zero-order valence-corrected chi connectivity index (χ0v) is 31.6. The molecule has 1 saturated carbocycles. The van der Waals surface area contributed by atoms with Gasteiger partial charge in [0.25, 0.3) is 0 Å². The van der Waals surface area contributed by atoms with E-state index in [0.29, 0.717) is 73.1 Å². The number of hydrogen-bond acceptors (Lipinski definition) is 11. The van der Waals surface area contributed by atoms with E-state index in [2.05, 4.69) is 9.64 Å². The molecular weight excluding hydrogens is 763 g/mol. The molecule has 5 rings (SSSR count). The van der Waals surface area contributed by atoms with Gasteiger partial charge in [0.15, 0.2) is 18.1 Å². The van der Waals surface area contributed by atoms with E-state index in [9.17, 15) is 26.8 Å². The average Bonchev–Trinajstić information content (AvgIpc) is 3.96. The molecule has 0 radical (unpaired) electrons. The lowest BCUT2D eigenvalue weighted by molar-refractivity contribution is -0.580. The number of nitrogens with zero attached hydrogens (tertiary/aromatic N) is 2. The smallest absolute Gasteiger partial charge is 0.387 e. The van der Waals surface area contributed by atoms with Crippen molar-refractivity contribution in [2.75, 3.05) is 76.8 Å². The van der Waals surface area contributed by atoms with Crippen molar-refractivity contribution >= 4 is 50.9 Å².